The van der Waals surface area contributed by atoms with Crippen LogP contribution in [-0.4, -0.2) is 61.2 Å². The smallest absolute Gasteiger partial charge is 0.402 e. The van der Waals surface area contributed by atoms with Gasteiger partial charge in [0.25, 0.3) is 0 Å². The standard InChI is InChI=1S/C8H20B2O7/c11-9(12)16-7-3-1-5-15-6-2-4-8-17-10(13)14/h11-14H,1-8H2. The van der Waals surface area contributed by atoms with E-state index in [2.05, 4.69) is 9.31 Å². The van der Waals surface area contributed by atoms with Crippen molar-refractivity contribution in [3.8, 4) is 0 Å². The molecule has 0 saturated carbocycles. The van der Waals surface area contributed by atoms with Gasteiger partial charge in [-0.1, -0.05) is 0 Å². The highest BCUT2D eigenvalue weighted by Crippen LogP contribution is 1.95. The van der Waals surface area contributed by atoms with Crippen molar-refractivity contribution in [3.63, 3.8) is 0 Å². The third kappa shape index (κ3) is 15.8. The van der Waals surface area contributed by atoms with Crippen LogP contribution < -0.4 is 0 Å². The predicted molar refractivity (Wildman–Crippen MR) is 61.6 cm³/mol. The van der Waals surface area contributed by atoms with Crippen LogP contribution in [0.2, 0.25) is 0 Å². The van der Waals surface area contributed by atoms with E-state index in [1.54, 1.807) is 0 Å². The maximum absolute atomic E-state index is 8.37. The molecule has 0 heterocycles. The van der Waals surface area contributed by atoms with Gasteiger partial charge in [0.2, 0.25) is 0 Å². The third-order valence-electron chi connectivity index (χ3n) is 1.90. The van der Waals surface area contributed by atoms with Gasteiger partial charge in [-0.3, -0.25) is 0 Å². The lowest BCUT2D eigenvalue weighted by atomic mass is 10.2. The topological polar surface area (TPSA) is 109 Å². The minimum Gasteiger partial charge on any atom is -0.402 e. The van der Waals surface area contributed by atoms with E-state index in [9.17, 15) is 0 Å². The summed E-state index contributed by atoms with van der Waals surface area (Å²) in [7, 11) is -3.39. The van der Waals surface area contributed by atoms with E-state index in [0.29, 0.717) is 39.3 Å². The molecule has 7 nitrogen and oxygen atoms in total. The number of rotatable bonds is 12. The number of unbranched alkanes of at least 4 members (excludes halogenated alkanes) is 2. The maximum atomic E-state index is 8.37. The summed E-state index contributed by atoms with van der Waals surface area (Å²) in [4.78, 5) is 0. The monoisotopic (exact) mass is 250 g/mol. The third-order valence-corrected chi connectivity index (χ3v) is 1.90. The molecule has 0 saturated heterocycles. The Morgan fingerprint density at radius 2 is 0.941 bits per heavy atom. The summed E-state index contributed by atoms with van der Waals surface area (Å²) < 4.78 is 14.3. The van der Waals surface area contributed by atoms with Crippen LogP contribution in [0.1, 0.15) is 25.7 Å². The quantitative estimate of drug-likeness (QED) is 0.247. The molecule has 0 spiro atoms. The van der Waals surface area contributed by atoms with Crippen molar-refractivity contribution >= 4 is 14.6 Å². The second-order valence-corrected chi connectivity index (χ2v) is 3.42. The first-order chi connectivity index (χ1) is 8.13. The lowest BCUT2D eigenvalue weighted by Gasteiger charge is -2.05. The van der Waals surface area contributed by atoms with Crippen LogP contribution >= 0.6 is 0 Å². The van der Waals surface area contributed by atoms with E-state index in [1.165, 1.54) is 0 Å². The Bertz CT molecular complexity index is 143. The summed E-state index contributed by atoms with van der Waals surface area (Å²) >= 11 is 0. The molecular formula is C8H20B2O7. The van der Waals surface area contributed by atoms with E-state index >= 15 is 0 Å². The van der Waals surface area contributed by atoms with Crippen molar-refractivity contribution in [3.05, 3.63) is 0 Å². The van der Waals surface area contributed by atoms with Crippen molar-refractivity contribution in [2.75, 3.05) is 26.4 Å². The van der Waals surface area contributed by atoms with Gasteiger partial charge in [-0.25, -0.2) is 0 Å². The van der Waals surface area contributed by atoms with E-state index in [4.69, 9.17) is 24.8 Å². The van der Waals surface area contributed by atoms with Crippen LogP contribution in [0.25, 0.3) is 0 Å². The van der Waals surface area contributed by atoms with Crippen LogP contribution in [0, 0.1) is 0 Å². The molecule has 9 heteroatoms. The highest BCUT2D eigenvalue weighted by Gasteiger charge is 2.07. The van der Waals surface area contributed by atoms with Crippen LogP contribution in [0.4, 0.5) is 0 Å². The van der Waals surface area contributed by atoms with Gasteiger partial charge in [0.15, 0.2) is 0 Å². The molecule has 0 rings (SSSR count). The first kappa shape index (κ1) is 16.8. The average molecular weight is 250 g/mol. The van der Waals surface area contributed by atoms with Gasteiger partial charge in [0.1, 0.15) is 0 Å². The summed E-state index contributed by atoms with van der Waals surface area (Å²) in [5, 5.41) is 33.5. The van der Waals surface area contributed by atoms with Crippen LogP contribution in [0.15, 0.2) is 0 Å². The fourth-order valence-corrected chi connectivity index (χ4v) is 1.09. The Kier molecular flexibility index (Phi) is 12.2. The molecule has 0 bridgehead atoms. The zero-order valence-corrected chi connectivity index (χ0v) is 9.83. The molecule has 0 aliphatic rings. The van der Waals surface area contributed by atoms with E-state index in [-0.39, 0.29) is 0 Å². The number of hydrogen-bond acceptors (Lipinski definition) is 7. The van der Waals surface area contributed by atoms with Crippen LogP contribution in [0.5, 0.6) is 0 Å². The molecule has 100 valence electrons. The molecule has 0 radical (unpaired) electrons. The summed E-state index contributed by atoms with van der Waals surface area (Å²) in [6, 6.07) is 0. The van der Waals surface area contributed by atoms with Crippen molar-refractivity contribution in [2.24, 2.45) is 0 Å². The Hall–Kier alpha value is -0.150. The second kappa shape index (κ2) is 12.3. The molecule has 0 aliphatic heterocycles. The summed E-state index contributed by atoms with van der Waals surface area (Å²) in [5.74, 6) is 0. The molecule has 0 unspecified atom stereocenters. The molecule has 0 aliphatic carbocycles. The zero-order valence-electron chi connectivity index (χ0n) is 9.83. The van der Waals surface area contributed by atoms with Crippen LogP contribution in [0.3, 0.4) is 0 Å². The fraction of sp³-hybridized carbons (Fsp3) is 1.00. The Morgan fingerprint density at radius 3 is 1.29 bits per heavy atom. The SMILES string of the molecule is OB(O)OCCCCOCCCCOB(O)O. The maximum Gasteiger partial charge on any atom is 0.633 e. The largest absolute Gasteiger partial charge is 0.633 e. The number of hydrogen-bond donors (Lipinski definition) is 4. The Balaban J connectivity index is 2.94. The molecule has 0 amide bonds. The van der Waals surface area contributed by atoms with E-state index in [1.807, 2.05) is 0 Å². The molecule has 0 atom stereocenters. The first-order valence-corrected chi connectivity index (χ1v) is 5.66. The summed E-state index contributed by atoms with van der Waals surface area (Å²) in [6.45, 7) is 1.77. The van der Waals surface area contributed by atoms with Gasteiger partial charge in [0, 0.05) is 26.4 Å². The van der Waals surface area contributed by atoms with Gasteiger partial charge in [-0.15, -0.1) is 0 Å². The molecule has 0 aromatic carbocycles. The van der Waals surface area contributed by atoms with Crippen molar-refractivity contribution in [1.29, 1.82) is 0 Å². The molecule has 0 fully saturated rings. The zero-order chi connectivity index (χ0) is 12.9. The van der Waals surface area contributed by atoms with Gasteiger partial charge in [-0.2, -0.15) is 0 Å². The van der Waals surface area contributed by atoms with Crippen LogP contribution in [-0.2, 0) is 14.0 Å². The highest BCUT2D eigenvalue weighted by atomic mass is 16.6. The van der Waals surface area contributed by atoms with E-state index < -0.39 is 14.6 Å². The average Bonchev–Trinajstić information content (AvgIpc) is 2.25. The van der Waals surface area contributed by atoms with Crippen molar-refractivity contribution < 1.29 is 34.1 Å². The normalized spacial score (nSPS) is 10.6. The Labute approximate surface area is 102 Å². The first-order valence-electron chi connectivity index (χ1n) is 5.66. The van der Waals surface area contributed by atoms with Gasteiger partial charge in [-0.05, 0) is 25.7 Å². The highest BCUT2D eigenvalue weighted by molar-refractivity contribution is 6.32. The second-order valence-electron chi connectivity index (χ2n) is 3.42. The predicted octanol–water partition coefficient (Wildman–Crippen LogP) is -1.46. The molecule has 4 N–H and O–H groups in total. The fourth-order valence-electron chi connectivity index (χ4n) is 1.09. The minimum atomic E-state index is -1.70. The summed E-state index contributed by atoms with van der Waals surface area (Å²) in [6.07, 6.45) is 2.99. The Morgan fingerprint density at radius 1 is 0.588 bits per heavy atom. The number of ether oxygens (including phenoxy) is 1. The molecular weight excluding hydrogens is 230 g/mol. The lowest BCUT2D eigenvalue weighted by molar-refractivity contribution is 0.111. The molecule has 17 heavy (non-hydrogen) atoms. The molecule has 0 aromatic heterocycles. The van der Waals surface area contributed by atoms with Gasteiger partial charge in [0.05, 0.1) is 0 Å². The van der Waals surface area contributed by atoms with Crippen molar-refractivity contribution in [2.45, 2.75) is 25.7 Å². The van der Waals surface area contributed by atoms with E-state index in [0.717, 1.165) is 12.8 Å². The van der Waals surface area contributed by atoms with Gasteiger partial charge < -0.3 is 34.1 Å². The molecule has 0 aromatic rings. The minimum absolute atomic E-state index is 0.295. The van der Waals surface area contributed by atoms with Crippen molar-refractivity contribution in [1.82, 2.24) is 0 Å². The lowest BCUT2D eigenvalue weighted by Crippen LogP contribution is -2.17. The van der Waals surface area contributed by atoms with Gasteiger partial charge >= 0.3 is 14.6 Å². The summed E-state index contributed by atoms with van der Waals surface area (Å²) in [5.41, 5.74) is 0.